The van der Waals surface area contributed by atoms with Crippen LogP contribution in [0.15, 0.2) is 42.5 Å². The maximum atomic E-state index is 13.6. The van der Waals surface area contributed by atoms with Crippen molar-refractivity contribution in [3.8, 4) is 5.75 Å². The maximum Gasteiger partial charge on any atom is 0.258 e. The van der Waals surface area contributed by atoms with E-state index in [0.717, 1.165) is 11.3 Å². The van der Waals surface area contributed by atoms with Crippen molar-refractivity contribution in [2.45, 2.75) is 26.9 Å². The fourth-order valence-electron chi connectivity index (χ4n) is 1.90. The van der Waals surface area contributed by atoms with Crippen LogP contribution in [0.4, 0.5) is 10.1 Å². The van der Waals surface area contributed by atoms with E-state index in [0.29, 0.717) is 5.69 Å². The van der Waals surface area contributed by atoms with Crippen LogP contribution >= 0.6 is 0 Å². The fraction of sp³-hybridized carbons (Fsp3) is 0.235. The van der Waals surface area contributed by atoms with Crippen molar-refractivity contribution >= 4 is 11.6 Å². The van der Waals surface area contributed by atoms with Crippen LogP contribution < -0.4 is 10.1 Å². The van der Waals surface area contributed by atoms with Gasteiger partial charge >= 0.3 is 0 Å². The molecular weight excluding hydrogens is 269 g/mol. The van der Waals surface area contributed by atoms with Crippen molar-refractivity contribution in [3.05, 3.63) is 59.4 Å². The molecule has 0 atom stereocenters. The minimum atomic E-state index is -0.530. The van der Waals surface area contributed by atoms with Gasteiger partial charge in [-0.15, -0.1) is 0 Å². The first-order valence-corrected chi connectivity index (χ1v) is 6.80. The quantitative estimate of drug-likeness (QED) is 0.916. The molecule has 0 saturated carbocycles. The Morgan fingerprint density at radius 1 is 1.14 bits per heavy atom. The van der Waals surface area contributed by atoms with Crippen molar-refractivity contribution < 1.29 is 13.9 Å². The first kappa shape index (κ1) is 15.0. The van der Waals surface area contributed by atoms with E-state index in [4.69, 9.17) is 4.74 Å². The largest absolute Gasteiger partial charge is 0.491 e. The summed E-state index contributed by atoms with van der Waals surface area (Å²) in [5.41, 5.74) is 1.47. The zero-order chi connectivity index (χ0) is 15.4. The Morgan fingerprint density at radius 3 is 2.43 bits per heavy atom. The Hall–Kier alpha value is -2.36. The van der Waals surface area contributed by atoms with Crippen LogP contribution in [-0.4, -0.2) is 12.0 Å². The molecule has 3 nitrogen and oxygen atoms in total. The zero-order valence-corrected chi connectivity index (χ0v) is 12.3. The minimum Gasteiger partial charge on any atom is -0.491 e. The lowest BCUT2D eigenvalue weighted by Gasteiger charge is -2.11. The average Bonchev–Trinajstić information content (AvgIpc) is 2.43. The summed E-state index contributed by atoms with van der Waals surface area (Å²) in [7, 11) is 0. The molecule has 2 aromatic carbocycles. The molecule has 0 aliphatic heterocycles. The Balaban J connectivity index is 2.10. The van der Waals surface area contributed by atoms with Gasteiger partial charge < -0.3 is 10.1 Å². The number of hydrogen-bond donors (Lipinski definition) is 1. The lowest BCUT2D eigenvalue weighted by atomic mass is 10.1. The topological polar surface area (TPSA) is 38.3 Å². The normalized spacial score (nSPS) is 10.5. The van der Waals surface area contributed by atoms with Gasteiger partial charge in [-0.2, -0.15) is 0 Å². The first-order valence-electron chi connectivity index (χ1n) is 6.80. The van der Waals surface area contributed by atoms with Crippen LogP contribution in [0.1, 0.15) is 29.8 Å². The molecule has 1 amide bonds. The van der Waals surface area contributed by atoms with Gasteiger partial charge in [-0.25, -0.2) is 4.39 Å². The first-order chi connectivity index (χ1) is 9.95. The third-order valence-corrected chi connectivity index (χ3v) is 2.85. The molecule has 0 bridgehead atoms. The molecule has 2 rings (SSSR count). The van der Waals surface area contributed by atoms with Gasteiger partial charge in [-0.05, 0) is 57.2 Å². The smallest absolute Gasteiger partial charge is 0.258 e. The van der Waals surface area contributed by atoms with Crippen molar-refractivity contribution in [2.75, 3.05) is 5.32 Å². The van der Waals surface area contributed by atoms with Crippen molar-refractivity contribution in [2.24, 2.45) is 0 Å². The number of carbonyl (C=O) groups is 1. The number of nitrogens with one attached hydrogen (secondary N) is 1. The van der Waals surface area contributed by atoms with Crippen LogP contribution in [0.2, 0.25) is 0 Å². The van der Waals surface area contributed by atoms with E-state index in [1.807, 2.05) is 20.8 Å². The van der Waals surface area contributed by atoms with E-state index >= 15 is 0 Å². The third-order valence-electron chi connectivity index (χ3n) is 2.85. The molecule has 1 N–H and O–H groups in total. The van der Waals surface area contributed by atoms with Gasteiger partial charge in [0.25, 0.3) is 5.91 Å². The molecule has 0 radical (unpaired) electrons. The molecule has 21 heavy (non-hydrogen) atoms. The van der Waals surface area contributed by atoms with Crippen LogP contribution in [-0.2, 0) is 0 Å². The molecule has 110 valence electrons. The van der Waals surface area contributed by atoms with E-state index in [9.17, 15) is 9.18 Å². The van der Waals surface area contributed by atoms with E-state index in [2.05, 4.69) is 5.32 Å². The predicted octanol–water partition coefficient (Wildman–Crippen LogP) is 4.17. The monoisotopic (exact) mass is 287 g/mol. The SMILES string of the molecule is Cc1ccc(F)c(C(=O)Nc2ccc(OC(C)C)cc2)c1. The van der Waals surface area contributed by atoms with Gasteiger partial charge in [0.05, 0.1) is 11.7 Å². The number of aryl methyl sites for hydroxylation is 1. The highest BCUT2D eigenvalue weighted by Crippen LogP contribution is 2.18. The number of amides is 1. The fourth-order valence-corrected chi connectivity index (χ4v) is 1.90. The summed E-state index contributed by atoms with van der Waals surface area (Å²) in [4.78, 5) is 12.1. The average molecular weight is 287 g/mol. The highest BCUT2D eigenvalue weighted by molar-refractivity contribution is 6.04. The number of halogens is 1. The summed E-state index contributed by atoms with van der Waals surface area (Å²) in [6.07, 6.45) is 0.0897. The predicted molar refractivity (Wildman–Crippen MR) is 81.3 cm³/mol. The molecule has 2 aromatic rings. The summed E-state index contributed by atoms with van der Waals surface area (Å²) < 4.78 is 19.2. The molecule has 0 aromatic heterocycles. The molecule has 0 saturated heterocycles. The van der Waals surface area contributed by atoms with E-state index in [-0.39, 0.29) is 11.7 Å². The van der Waals surface area contributed by atoms with Gasteiger partial charge in [0.2, 0.25) is 0 Å². The molecule has 0 unspecified atom stereocenters. The molecule has 0 aliphatic carbocycles. The van der Waals surface area contributed by atoms with Crippen molar-refractivity contribution in [1.29, 1.82) is 0 Å². The number of carbonyl (C=O) groups excluding carboxylic acids is 1. The number of anilines is 1. The standard InChI is InChI=1S/C17H18FNO2/c1-11(2)21-14-7-5-13(6-8-14)19-17(20)15-10-12(3)4-9-16(15)18/h4-11H,1-3H3,(H,19,20). The highest BCUT2D eigenvalue weighted by Gasteiger charge is 2.12. The Bertz CT molecular complexity index is 636. The van der Waals surface area contributed by atoms with E-state index < -0.39 is 11.7 Å². The number of ether oxygens (including phenoxy) is 1. The second-order valence-electron chi connectivity index (χ2n) is 5.13. The van der Waals surface area contributed by atoms with Gasteiger partial charge in [0, 0.05) is 5.69 Å². The molecule has 0 aliphatic rings. The second kappa shape index (κ2) is 6.39. The van der Waals surface area contributed by atoms with Gasteiger partial charge in [0.1, 0.15) is 11.6 Å². The summed E-state index contributed by atoms with van der Waals surface area (Å²) >= 11 is 0. The lowest BCUT2D eigenvalue weighted by Crippen LogP contribution is -2.14. The van der Waals surface area contributed by atoms with Gasteiger partial charge in [-0.1, -0.05) is 11.6 Å². The van der Waals surface area contributed by atoms with Crippen LogP contribution in [0.3, 0.4) is 0 Å². The maximum absolute atomic E-state index is 13.6. The molecular formula is C17H18FNO2. The summed E-state index contributed by atoms with van der Waals surface area (Å²) in [6.45, 7) is 5.70. The number of rotatable bonds is 4. The number of hydrogen-bond acceptors (Lipinski definition) is 2. The number of benzene rings is 2. The Kier molecular flexibility index (Phi) is 4.58. The van der Waals surface area contributed by atoms with Crippen LogP contribution in [0, 0.1) is 12.7 Å². The van der Waals surface area contributed by atoms with E-state index in [1.165, 1.54) is 12.1 Å². The highest BCUT2D eigenvalue weighted by atomic mass is 19.1. The second-order valence-corrected chi connectivity index (χ2v) is 5.13. The summed E-state index contributed by atoms with van der Waals surface area (Å²) in [5, 5.41) is 2.67. The zero-order valence-electron chi connectivity index (χ0n) is 12.3. The van der Waals surface area contributed by atoms with Crippen molar-refractivity contribution in [3.63, 3.8) is 0 Å². The van der Waals surface area contributed by atoms with Crippen LogP contribution in [0.25, 0.3) is 0 Å². The lowest BCUT2D eigenvalue weighted by molar-refractivity contribution is 0.102. The molecule has 4 heteroatoms. The van der Waals surface area contributed by atoms with Crippen molar-refractivity contribution in [1.82, 2.24) is 0 Å². The molecule has 0 heterocycles. The van der Waals surface area contributed by atoms with E-state index in [1.54, 1.807) is 30.3 Å². The minimum absolute atomic E-state index is 0.0394. The molecule has 0 fully saturated rings. The molecule has 0 spiro atoms. The Morgan fingerprint density at radius 2 is 1.81 bits per heavy atom. The third kappa shape index (κ3) is 4.05. The van der Waals surface area contributed by atoms with Gasteiger partial charge in [-0.3, -0.25) is 4.79 Å². The summed E-state index contributed by atoms with van der Waals surface area (Å²) in [6, 6.07) is 11.4. The van der Waals surface area contributed by atoms with Gasteiger partial charge in [0.15, 0.2) is 0 Å². The Labute approximate surface area is 123 Å². The summed E-state index contributed by atoms with van der Waals surface area (Å²) in [5.74, 6) is -0.267. The van der Waals surface area contributed by atoms with Crippen LogP contribution in [0.5, 0.6) is 5.75 Å².